The number of carbonyl (C=O) groups is 1. The number of carbonyl (C=O) groups excluding carboxylic acids is 1. The number of fused-ring (bicyclic) bond motifs is 1. The van der Waals surface area contributed by atoms with E-state index in [1.165, 1.54) is 18.3 Å². The molecule has 6 nitrogen and oxygen atoms in total. The molecule has 2 heterocycles. The average Bonchev–Trinajstić information content (AvgIpc) is 3.35. The number of hydrogen-bond acceptors (Lipinski definition) is 7. The lowest BCUT2D eigenvalue weighted by atomic mass is 10.1. The smallest absolute Gasteiger partial charge is 0.224 e. The fraction of sp³-hybridized carbons (Fsp3) is 0.278. The van der Waals surface area contributed by atoms with Gasteiger partial charge in [-0.2, -0.15) is 0 Å². The zero-order valence-electron chi connectivity index (χ0n) is 14.3. The Morgan fingerprint density at radius 3 is 2.77 bits per heavy atom. The topological polar surface area (TPSA) is 90.1 Å². The number of ether oxygens (including phenoxy) is 1. The van der Waals surface area contributed by atoms with Crippen LogP contribution in [0, 0.1) is 0 Å². The van der Waals surface area contributed by atoms with E-state index in [-0.39, 0.29) is 5.78 Å². The number of ketones is 1. The molecule has 0 bridgehead atoms. The van der Waals surface area contributed by atoms with Gasteiger partial charge in [-0.3, -0.25) is 4.79 Å². The molecule has 1 aromatic carbocycles. The predicted molar refractivity (Wildman–Crippen MR) is 105 cm³/mol. The third-order valence-electron chi connectivity index (χ3n) is 4.20. The number of thiophene rings is 1. The third kappa shape index (κ3) is 3.08. The van der Waals surface area contributed by atoms with Gasteiger partial charge in [0, 0.05) is 23.6 Å². The van der Waals surface area contributed by atoms with Crippen LogP contribution in [0.25, 0.3) is 21.5 Å². The number of halogens is 1. The Balaban J connectivity index is 1.98. The standard InChI is InChI=1S/C18H17ClN4O2S/c1-8(24)16-14(20)13-15(9-5-10(19)7-12(6-9)25-2)22-18(21-11-3-4-11)23-17(13)26-16/h5-7,11H,3-4,20H2,1-2H3,(H,21,22,23). The van der Waals surface area contributed by atoms with Gasteiger partial charge in [-0.15, -0.1) is 11.3 Å². The van der Waals surface area contributed by atoms with Gasteiger partial charge in [0.2, 0.25) is 5.95 Å². The van der Waals surface area contributed by atoms with E-state index in [9.17, 15) is 4.79 Å². The van der Waals surface area contributed by atoms with Gasteiger partial charge >= 0.3 is 0 Å². The molecule has 26 heavy (non-hydrogen) atoms. The van der Waals surface area contributed by atoms with Gasteiger partial charge in [0.1, 0.15) is 10.6 Å². The Morgan fingerprint density at radius 2 is 2.12 bits per heavy atom. The van der Waals surface area contributed by atoms with Crippen LogP contribution in [0.2, 0.25) is 5.02 Å². The first kappa shape index (κ1) is 17.1. The second-order valence-electron chi connectivity index (χ2n) is 6.28. The molecule has 3 N–H and O–H groups in total. The minimum absolute atomic E-state index is 0.0863. The molecule has 8 heteroatoms. The van der Waals surface area contributed by atoms with E-state index < -0.39 is 0 Å². The van der Waals surface area contributed by atoms with E-state index >= 15 is 0 Å². The van der Waals surface area contributed by atoms with Crippen LogP contribution < -0.4 is 15.8 Å². The molecule has 0 unspecified atom stereocenters. The molecule has 0 spiro atoms. The number of nitrogen functional groups attached to an aromatic ring is 1. The van der Waals surface area contributed by atoms with E-state index in [0.717, 1.165) is 18.4 Å². The van der Waals surface area contributed by atoms with Crippen molar-refractivity contribution in [1.29, 1.82) is 0 Å². The summed E-state index contributed by atoms with van der Waals surface area (Å²) in [5, 5.41) is 4.52. The molecule has 0 aliphatic heterocycles. The fourth-order valence-corrected chi connectivity index (χ4v) is 4.00. The van der Waals surface area contributed by atoms with Crippen LogP contribution in [0.1, 0.15) is 29.4 Å². The maximum atomic E-state index is 11.9. The number of Topliss-reactive ketones (excluding diaryl/α,β-unsaturated/α-hetero) is 1. The average molecular weight is 389 g/mol. The summed E-state index contributed by atoms with van der Waals surface area (Å²) < 4.78 is 5.32. The van der Waals surface area contributed by atoms with Gasteiger partial charge < -0.3 is 15.8 Å². The number of methoxy groups -OCH3 is 1. The highest BCUT2D eigenvalue weighted by molar-refractivity contribution is 7.21. The Morgan fingerprint density at radius 1 is 1.35 bits per heavy atom. The molecule has 0 radical (unpaired) electrons. The molecule has 0 saturated heterocycles. The van der Waals surface area contributed by atoms with Crippen LogP contribution in [0.3, 0.4) is 0 Å². The Kier molecular flexibility index (Phi) is 4.20. The SMILES string of the molecule is COc1cc(Cl)cc(-c2nc(NC3CC3)nc3sc(C(C)=O)c(N)c23)c1. The molecule has 1 saturated carbocycles. The highest BCUT2D eigenvalue weighted by Crippen LogP contribution is 2.41. The minimum atomic E-state index is -0.0863. The molecule has 4 rings (SSSR count). The zero-order valence-corrected chi connectivity index (χ0v) is 15.9. The second-order valence-corrected chi connectivity index (χ2v) is 7.71. The van der Waals surface area contributed by atoms with Crippen molar-refractivity contribution in [2.45, 2.75) is 25.8 Å². The summed E-state index contributed by atoms with van der Waals surface area (Å²) >= 11 is 7.52. The molecule has 1 aliphatic rings. The minimum Gasteiger partial charge on any atom is -0.497 e. The summed E-state index contributed by atoms with van der Waals surface area (Å²) in [6.07, 6.45) is 2.21. The lowest BCUT2D eigenvalue weighted by molar-refractivity contribution is 0.102. The van der Waals surface area contributed by atoms with Crippen LogP contribution in [-0.2, 0) is 0 Å². The van der Waals surface area contributed by atoms with E-state index in [4.69, 9.17) is 22.1 Å². The molecular formula is C18H17ClN4O2S. The summed E-state index contributed by atoms with van der Waals surface area (Å²) in [6, 6.07) is 5.78. The largest absolute Gasteiger partial charge is 0.497 e. The van der Waals surface area contributed by atoms with Crippen molar-refractivity contribution < 1.29 is 9.53 Å². The number of nitrogens with two attached hydrogens (primary N) is 1. The first-order valence-corrected chi connectivity index (χ1v) is 9.38. The first-order valence-electron chi connectivity index (χ1n) is 8.18. The van der Waals surface area contributed by atoms with Crippen molar-refractivity contribution in [1.82, 2.24) is 9.97 Å². The number of nitrogens with one attached hydrogen (secondary N) is 1. The van der Waals surface area contributed by atoms with Crippen molar-refractivity contribution in [2.24, 2.45) is 0 Å². The van der Waals surface area contributed by atoms with Crippen molar-refractivity contribution in [2.75, 3.05) is 18.2 Å². The molecule has 1 fully saturated rings. The van der Waals surface area contributed by atoms with Gasteiger partial charge in [-0.25, -0.2) is 9.97 Å². The third-order valence-corrected chi connectivity index (χ3v) is 5.62. The highest BCUT2D eigenvalue weighted by atomic mass is 35.5. The lowest BCUT2D eigenvalue weighted by Gasteiger charge is -2.10. The first-order chi connectivity index (χ1) is 12.5. The maximum Gasteiger partial charge on any atom is 0.224 e. The zero-order chi connectivity index (χ0) is 18.4. The Labute approximate surface area is 159 Å². The van der Waals surface area contributed by atoms with E-state index in [1.54, 1.807) is 19.2 Å². The molecular weight excluding hydrogens is 372 g/mol. The van der Waals surface area contributed by atoms with Crippen molar-refractivity contribution >= 4 is 50.6 Å². The number of hydrogen-bond donors (Lipinski definition) is 2. The number of benzene rings is 1. The molecule has 3 aromatic rings. The van der Waals surface area contributed by atoms with Crippen LogP contribution in [-0.4, -0.2) is 28.9 Å². The monoisotopic (exact) mass is 388 g/mol. The van der Waals surface area contributed by atoms with Crippen LogP contribution in [0.15, 0.2) is 18.2 Å². The number of anilines is 2. The number of rotatable bonds is 5. The molecule has 0 atom stereocenters. The fourth-order valence-electron chi connectivity index (χ4n) is 2.78. The quantitative estimate of drug-likeness (QED) is 0.630. The normalized spacial score (nSPS) is 13.8. The summed E-state index contributed by atoms with van der Waals surface area (Å²) in [6.45, 7) is 1.50. The van der Waals surface area contributed by atoms with Crippen LogP contribution >= 0.6 is 22.9 Å². The summed E-state index contributed by atoms with van der Waals surface area (Å²) in [5.41, 5.74) is 8.09. The van der Waals surface area contributed by atoms with Gasteiger partial charge in [0.25, 0.3) is 0 Å². The molecule has 1 aliphatic carbocycles. The van der Waals surface area contributed by atoms with Crippen molar-refractivity contribution in [3.8, 4) is 17.0 Å². The van der Waals surface area contributed by atoms with Crippen molar-refractivity contribution in [3.05, 3.63) is 28.1 Å². The maximum absolute atomic E-state index is 11.9. The highest BCUT2D eigenvalue weighted by Gasteiger charge is 2.25. The van der Waals surface area contributed by atoms with E-state index in [1.807, 2.05) is 6.07 Å². The molecule has 2 aromatic heterocycles. The summed E-state index contributed by atoms with van der Waals surface area (Å²) in [7, 11) is 1.58. The Bertz CT molecular complexity index is 1030. The van der Waals surface area contributed by atoms with Crippen LogP contribution in [0.4, 0.5) is 11.6 Å². The number of aromatic nitrogens is 2. The lowest BCUT2D eigenvalue weighted by Crippen LogP contribution is -2.06. The Hall–Kier alpha value is -2.38. The summed E-state index contributed by atoms with van der Waals surface area (Å²) in [4.78, 5) is 22.4. The van der Waals surface area contributed by atoms with Gasteiger partial charge in [0.15, 0.2) is 5.78 Å². The van der Waals surface area contributed by atoms with Gasteiger partial charge in [-0.1, -0.05) is 11.6 Å². The van der Waals surface area contributed by atoms with Gasteiger partial charge in [-0.05, 0) is 31.0 Å². The predicted octanol–water partition coefficient (Wildman–Crippen LogP) is 4.38. The second kappa shape index (κ2) is 6.41. The molecule has 0 amide bonds. The molecule has 134 valence electrons. The van der Waals surface area contributed by atoms with Crippen LogP contribution in [0.5, 0.6) is 5.75 Å². The van der Waals surface area contributed by atoms with Gasteiger partial charge in [0.05, 0.1) is 28.8 Å². The summed E-state index contributed by atoms with van der Waals surface area (Å²) in [5.74, 6) is 1.07. The van der Waals surface area contributed by atoms with E-state index in [2.05, 4.69) is 15.3 Å². The van der Waals surface area contributed by atoms with E-state index in [0.29, 0.717) is 49.2 Å². The van der Waals surface area contributed by atoms with Crippen molar-refractivity contribution in [3.63, 3.8) is 0 Å². The number of nitrogens with zero attached hydrogens (tertiary/aromatic N) is 2.